The molecule has 0 saturated carbocycles. The number of para-hydroxylation sites is 2. The highest BCUT2D eigenvalue weighted by molar-refractivity contribution is 7.16. The van der Waals surface area contributed by atoms with Gasteiger partial charge in [-0.15, -0.1) is 22.7 Å². The summed E-state index contributed by atoms with van der Waals surface area (Å²) in [5.74, 6) is -2.04. The number of nitrogens with one attached hydrogen (secondary N) is 2. The minimum atomic E-state index is -1.01. The van der Waals surface area contributed by atoms with E-state index >= 15 is 0 Å². The molecule has 142 valence electrons. The molecule has 0 aliphatic heterocycles. The van der Waals surface area contributed by atoms with Gasteiger partial charge in [-0.3, -0.25) is 24.5 Å². The van der Waals surface area contributed by atoms with E-state index in [0.717, 1.165) is 0 Å². The van der Waals surface area contributed by atoms with Crippen LogP contribution in [0.5, 0.6) is 0 Å². The summed E-state index contributed by atoms with van der Waals surface area (Å²) in [4.78, 5) is 48.4. The van der Waals surface area contributed by atoms with Crippen LogP contribution in [0, 0.1) is 10.1 Å². The molecule has 8 nitrogen and oxygen atoms in total. The number of carbonyl (C=O) groups is 3. The highest BCUT2D eigenvalue weighted by atomic mass is 32.1. The van der Waals surface area contributed by atoms with Gasteiger partial charge in [-0.2, -0.15) is 0 Å². The molecule has 0 fully saturated rings. The molecule has 3 rings (SSSR count). The first-order valence-corrected chi connectivity index (χ1v) is 9.65. The van der Waals surface area contributed by atoms with Crippen molar-refractivity contribution in [2.75, 3.05) is 5.32 Å². The molecule has 2 heterocycles. The van der Waals surface area contributed by atoms with Gasteiger partial charge < -0.3 is 10.6 Å². The molecule has 0 spiro atoms. The van der Waals surface area contributed by atoms with Crippen molar-refractivity contribution in [2.45, 2.75) is 6.54 Å². The Kier molecular flexibility index (Phi) is 5.92. The highest BCUT2D eigenvalue weighted by Crippen LogP contribution is 2.23. The molecular formula is C18H13N3O5S2. The van der Waals surface area contributed by atoms with E-state index in [4.69, 9.17) is 0 Å². The number of hydrogen-bond acceptors (Lipinski definition) is 7. The SMILES string of the molecule is O=C(NCc1ccc(C(=O)c2cccs2)s1)C(=O)Nc1ccccc1[N+](=O)[O-]. The van der Waals surface area contributed by atoms with Crippen LogP contribution >= 0.6 is 22.7 Å². The second-order valence-corrected chi connectivity index (χ2v) is 7.60. The van der Waals surface area contributed by atoms with E-state index in [9.17, 15) is 24.5 Å². The molecule has 2 N–H and O–H groups in total. The van der Waals surface area contributed by atoms with Crippen LogP contribution in [0.1, 0.15) is 19.4 Å². The van der Waals surface area contributed by atoms with Gasteiger partial charge in [0.15, 0.2) is 0 Å². The summed E-state index contributed by atoms with van der Waals surface area (Å²) >= 11 is 2.57. The van der Waals surface area contributed by atoms with Crippen molar-refractivity contribution in [3.05, 3.63) is 78.7 Å². The standard InChI is InChI=1S/C18H13N3O5S2/c22-16(14-6-3-9-27-14)15-8-7-11(28-15)10-19-17(23)18(24)20-12-4-1-2-5-13(12)21(25)26/h1-9H,10H2,(H,19,23)(H,20,24). The minimum Gasteiger partial charge on any atom is -0.343 e. The Morgan fingerprint density at radius 2 is 1.75 bits per heavy atom. The maximum atomic E-state index is 12.3. The van der Waals surface area contributed by atoms with Gasteiger partial charge in [0.1, 0.15) is 5.69 Å². The summed E-state index contributed by atoms with van der Waals surface area (Å²) in [5, 5.41) is 17.4. The van der Waals surface area contributed by atoms with Crippen molar-refractivity contribution in [3.63, 3.8) is 0 Å². The lowest BCUT2D eigenvalue weighted by molar-refractivity contribution is -0.383. The average molecular weight is 415 g/mol. The lowest BCUT2D eigenvalue weighted by Gasteiger charge is -2.06. The molecule has 0 bridgehead atoms. The second kappa shape index (κ2) is 8.55. The number of nitrogens with zero attached hydrogens (tertiary/aromatic N) is 1. The maximum absolute atomic E-state index is 12.3. The smallest absolute Gasteiger partial charge is 0.313 e. The van der Waals surface area contributed by atoms with Crippen LogP contribution in [0.15, 0.2) is 53.9 Å². The minimum absolute atomic E-state index is 0.0610. The number of hydrogen-bond donors (Lipinski definition) is 2. The molecule has 10 heteroatoms. The Morgan fingerprint density at radius 3 is 2.46 bits per heavy atom. The molecule has 0 unspecified atom stereocenters. The van der Waals surface area contributed by atoms with E-state index in [1.54, 1.807) is 24.3 Å². The first kappa shape index (κ1) is 19.4. The number of nitro benzene ring substituents is 1. The quantitative estimate of drug-likeness (QED) is 0.277. The third kappa shape index (κ3) is 4.48. The summed E-state index contributed by atoms with van der Waals surface area (Å²) in [6.45, 7) is 0.0610. The zero-order valence-corrected chi connectivity index (χ0v) is 15.8. The number of nitro groups is 1. The summed E-state index contributed by atoms with van der Waals surface area (Å²) in [6.07, 6.45) is 0. The molecule has 0 atom stereocenters. The molecule has 2 aromatic heterocycles. The molecule has 0 saturated heterocycles. The Labute approximate surface area is 167 Å². The van der Waals surface area contributed by atoms with Crippen molar-refractivity contribution < 1.29 is 19.3 Å². The van der Waals surface area contributed by atoms with Crippen LogP contribution in [0.4, 0.5) is 11.4 Å². The summed E-state index contributed by atoms with van der Waals surface area (Å²) in [5.41, 5.74) is -0.369. The summed E-state index contributed by atoms with van der Waals surface area (Å²) in [7, 11) is 0. The average Bonchev–Trinajstić information content (AvgIpc) is 3.38. The number of benzene rings is 1. The Balaban J connectivity index is 1.58. The predicted octanol–water partition coefficient (Wildman–Crippen LogP) is 3.20. The van der Waals surface area contributed by atoms with Crippen molar-refractivity contribution in [1.82, 2.24) is 5.32 Å². The molecular weight excluding hydrogens is 402 g/mol. The van der Waals surface area contributed by atoms with Gasteiger partial charge in [-0.25, -0.2) is 0 Å². The third-order valence-corrected chi connectivity index (χ3v) is 5.56. The molecule has 1 aromatic carbocycles. The number of carbonyl (C=O) groups excluding carboxylic acids is 3. The van der Waals surface area contributed by atoms with Gasteiger partial charge in [0, 0.05) is 10.9 Å². The van der Waals surface area contributed by atoms with Crippen LogP contribution < -0.4 is 10.6 Å². The number of anilines is 1. The first-order chi connectivity index (χ1) is 13.5. The monoisotopic (exact) mass is 415 g/mol. The molecule has 3 aromatic rings. The molecule has 2 amide bonds. The fraction of sp³-hybridized carbons (Fsp3) is 0.0556. The molecule has 28 heavy (non-hydrogen) atoms. The molecule has 0 radical (unpaired) electrons. The van der Waals surface area contributed by atoms with E-state index < -0.39 is 16.7 Å². The zero-order valence-electron chi connectivity index (χ0n) is 14.2. The normalized spacial score (nSPS) is 10.3. The van der Waals surface area contributed by atoms with Gasteiger partial charge in [0.25, 0.3) is 5.69 Å². The van der Waals surface area contributed by atoms with E-state index in [0.29, 0.717) is 14.6 Å². The second-order valence-electron chi connectivity index (χ2n) is 5.48. The van der Waals surface area contributed by atoms with Gasteiger partial charge in [0.2, 0.25) is 5.78 Å². The topological polar surface area (TPSA) is 118 Å². The molecule has 0 aliphatic carbocycles. The highest BCUT2D eigenvalue weighted by Gasteiger charge is 2.20. The summed E-state index contributed by atoms with van der Waals surface area (Å²) in [6, 6.07) is 12.4. The van der Waals surface area contributed by atoms with Crippen molar-refractivity contribution in [2.24, 2.45) is 0 Å². The fourth-order valence-electron chi connectivity index (χ4n) is 2.29. The van der Waals surface area contributed by atoms with Gasteiger partial charge in [-0.05, 0) is 29.6 Å². The van der Waals surface area contributed by atoms with E-state index in [-0.39, 0.29) is 23.7 Å². The van der Waals surface area contributed by atoms with Crippen molar-refractivity contribution in [1.29, 1.82) is 0 Å². The van der Waals surface area contributed by atoms with Gasteiger partial charge in [0.05, 0.1) is 21.2 Å². The Morgan fingerprint density at radius 1 is 0.964 bits per heavy atom. The van der Waals surface area contributed by atoms with Gasteiger partial charge in [-0.1, -0.05) is 18.2 Å². The van der Waals surface area contributed by atoms with Crippen LogP contribution in [0.2, 0.25) is 0 Å². The van der Waals surface area contributed by atoms with E-state index in [2.05, 4.69) is 10.6 Å². The van der Waals surface area contributed by atoms with Crippen LogP contribution in [0.3, 0.4) is 0 Å². The fourth-order valence-corrected chi connectivity index (χ4v) is 3.93. The van der Waals surface area contributed by atoms with Crippen LogP contribution in [-0.4, -0.2) is 22.5 Å². The number of rotatable bonds is 6. The van der Waals surface area contributed by atoms with Crippen LogP contribution in [0.25, 0.3) is 0 Å². The summed E-state index contributed by atoms with van der Waals surface area (Å²) < 4.78 is 0. The largest absolute Gasteiger partial charge is 0.343 e. The molecule has 0 aliphatic rings. The van der Waals surface area contributed by atoms with E-state index in [1.165, 1.54) is 46.9 Å². The lowest BCUT2D eigenvalue weighted by atomic mass is 10.2. The van der Waals surface area contributed by atoms with Crippen molar-refractivity contribution >= 4 is 51.6 Å². The zero-order chi connectivity index (χ0) is 20.1. The van der Waals surface area contributed by atoms with E-state index in [1.807, 2.05) is 5.38 Å². The number of amides is 2. The Bertz CT molecular complexity index is 1040. The first-order valence-electron chi connectivity index (χ1n) is 7.95. The number of thiophene rings is 2. The van der Waals surface area contributed by atoms with Crippen LogP contribution in [-0.2, 0) is 16.1 Å². The van der Waals surface area contributed by atoms with Gasteiger partial charge >= 0.3 is 11.8 Å². The maximum Gasteiger partial charge on any atom is 0.313 e. The van der Waals surface area contributed by atoms with Crippen molar-refractivity contribution in [3.8, 4) is 0 Å². The lowest BCUT2D eigenvalue weighted by Crippen LogP contribution is -2.34. The third-order valence-electron chi connectivity index (χ3n) is 3.61. The number of ketones is 1. The predicted molar refractivity (Wildman–Crippen MR) is 106 cm³/mol. The Hall–Kier alpha value is -3.37.